The maximum atomic E-state index is 12.3. The number of nitrogens with zero attached hydrogens (tertiary/aromatic N) is 1. The summed E-state index contributed by atoms with van der Waals surface area (Å²) in [5.41, 5.74) is 5.31. The number of pyridine rings is 1. The Bertz CT molecular complexity index is 480. The fourth-order valence-electron chi connectivity index (χ4n) is 1.34. The third kappa shape index (κ3) is 4.82. The van der Waals surface area contributed by atoms with Crippen LogP contribution in [0.25, 0.3) is 0 Å². The van der Waals surface area contributed by atoms with Gasteiger partial charge in [-0.15, -0.1) is 13.2 Å². The molecule has 0 radical (unpaired) electrons. The van der Waals surface area contributed by atoms with Crippen molar-refractivity contribution in [3.63, 3.8) is 0 Å². The van der Waals surface area contributed by atoms with E-state index < -0.39 is 18.1 Å². The van der Waals surface area contributed by atoms with Gasteiger partial charge in [-0.1, -0.05) is 0 Å². The van der Waals surface area contributed by atoms with E-state index in [0.717, 1.165) is 7.11 Å². The molecule has 0 aliphatic carbocycles. The number of rotatable bonds is 4. The Hall–Kier alpha value is -1.10. The van der Waals surface area contributed by atoms with Crippen LogP contribution in [0.4, 0.5) is 13.2 Å². The van der Waals surface area contributed by atoms with E-state index >= 15 is 0 Å². The molecule has 1 heterocycles. The predicted octanol–water partition coefficient (Wildman–Crippen LogP) is 1.76. The molecule has 0 spiro atoms. The number of hydrogen-bond acceptors (Lipinski definition) is 5. The van der Waals surface area contributed by atoms with Crippen molar-refractivity contribution in [1.29, 1.82) is 0 Å². The molecule has 0 aromatic carbocycles. The zero-order valence-corrected chi connectivity index (χ0v) is 11.9. The number of esters is 1. The average Bonchev–Trinajstić information content (AvgIpc) is 2.30. The van der Waals surface area contributed by atoms with E-state index in [1.165, 1.54) is 6.07 Å². The highest BCUT2D eigenvalue weighted by Crippen LogP contribution is 2.30. The van der Waals surface area contributed by atoms with Crippen LogP contribution in [0.2, 0.25) is 0 Å². The molecule has 2 N–H and O–H groups in total. The van der Waals surface area contributed by atoms with E-state index in [-0.39, 0.29) is 24.2 Å². The zero-order valence-electron chi connectivity index (χ0n) is 9.75. The first-order valence-corrected chi connectivity index (χ1v) is 6.05. The normalized spacial score (nSPS) is 11.3. The maximum absolute atomic E-state index is 12.3. The van der Waals surface area contributed by atoms with Crippen molar-refractivity contribution in [1.82, 2.24) is 4.98 Å². The van der Waals surface area contributed by atoms with Gasteiger partial charge in [-0.05, 0) is 28.7 Å². The standard InChI is InChI=1S/C10H10F3IN2O3/c1-18-8(17)3-5-2-7(14)16-6(4-15)9(5)19-10(11,12)13/h2H,3-4,15H2,1H3. The minimum absolute atomic E-state index is 0.0315. The Labute approximate surface area is 120 Å². The van der Waals surface area contributed by atoms with Gasteiger partial charge in [0.15, 0.2) is 5.75 Å². The summed E-state index contributed by atoms with van der Waals surface area (Å²) in [7, 11) is 1.14. The third-order valence-electron chi connectivity index (χ3n) is 2.06. The number of hydrogen-bond donors (Lipinski definition) is 1. The smallest absolute Gasteiger partial charge is 0.469 e. The highest BCUT2D eigenvalue weighted by atomic mass is 127. The van der Waals surface area contributed by atoms with Crippen LogP contribution in [0, 0.1) is 3.70 Å². The number of nitrogens with two attached hydrogens (primary N) is 1. The van der Waals surface area contributed by atoms with Crippen molar-refractivity contribution in [2.45, 2.75) is 19.3 Å². The lowest BCUT2D eigenvalue weighted by Gasteiger charge is -2.16. The zero-order chi connectivity index (χ0) is 14.6. The highest BCUT2D eigenvalue weighted by molar-refractivity contribution is 14.1. The fraction of sp³-hybridized carbons (Fsp3) is 0.400. The molecule has 0 saturated heterocycles. The molecule has 1 aromatic rings. The number of carbonyl (C=O) groups excluding carboxylic acids is 1. The second-order valence-electron chi connectivity index (χ2n) is 3.38. The minimum Gasteiger partial charge on any atom is -0.469 e. The molecule has 19 heavy (non-hydrogen) atoms. The summed E-state index contributed by atoms with van der Waals surface area (Å²) in [6, 6.07) is 1.32. The van der Waals surface area contributed by atoms with Gasteiger partial charge in [0, 0.05) is 12.1 Å². The van der Waals surface area contributed by atoms with Crippen molar-refractivity contribution in [2.24, 2.45) is 5.73 Å². The van der Waals surface area contributed by atoms with Crippen molar-refractivity contribution < 1.29 is 27.4 Å². The topological polar surface area (TPSA) is 74.4 Å². The Morgan fingerprint density at radius 1 is 1.53 bits per heavy atom. The van der Waals surface area contributed by atoms with Gasteiger partial charge >= 0.3 is 12.3 Å². The van der Waals surface area contributed by atoms with Gasteiger partial charge in [0.25, 0.3) is 0 Å². The van der Waals surface area contributed by atoms with Crippen molar-refractivity contribution >= 4 is 28.6 Å². The summed E-state index contributed by atoms with van der Waals surface area (Å²) in [4.78, 5) is 15.1. The molecule has 0 amide bonds. The lowest BCUT2D eigenvalue weighted by Crippen LogP contribution is -2.21. The van der Waals surface area contributed by atoms with Gasteiger partial charge in [-0.2, -0.15) is 0 Å². The number of methoxy groups -OCH3 is 1. The van der Waals surface area contributed by atoms with Crippen LogP contribution in [0.1, 0.15) is 11.3 Å². The monoisotopic (exact) mass is 390 g/mol. The number of ether oxygens (including phenoxy) is 2. The Morgan fingerprint density at radius 3 is 2.63 bits per heavy atom. The summed E-state index contributed by atoms with van der Waals surface area (Å²) in [6.07, 6.45) is -5.24. The molecule has 0 bridgehead atoms. The number of halogens is 4. The summed E-state index contributed by atoms with van der Waals surface area (Å²) in [5, 5.41) is 0. The first-order valence-electron chi connectivity index (χ1n) is 4.97. The molecule has 9 heteroatoms. The maximum Gasteiger partial charge on any atom is 0.573 e. The van der Waals surface area contributed by atoms with Gasteiger partial charge in [0.05, 0.1) is 19.2 Å². The van der Waals surface area contributed by atoms with Gasteiger partial charge in [-0.25, -0.2) is 4.98 Å². The predicted molar refractivity (Wildman–Crippen MR) is 67.2 cm³/mol. The molecule has 0 unspecified atom stereocenters. The quantitative estimate of drug-likeness (QED) is 0.482. The van der Waals surface area contributed by atoms with E-state index in [9.17, 15) is 18.0 Å². The van der Waals surface area contributed by atoms with Crippen LogP contribution < -0.4 is 10.5 Å². The van der Waals surface area contributed by atoms with E-state index in [1.807, 2.05) is 22.6 Å². The van der Waals surface area contributed by atoms with Crippen LogP contribution in [0.3, 0.4) is 0 Å². The van der Waals surface area contributed by atoms with E-state index in [4.69, 9.17) is 5.73 Å². The van der Waals surface area contributed by atoms with Gasteiger partial charge in [0.2, 0.25) is 0 Å². The van der Waals surface area contributed by atoms with Crippen LogP contribution in [-0.2, 0) is 22.5 Å². The molecule has 0 aliphatic heterocycles. The molecule has 1 rings (SSSR count). The van der Waals surface area contributed by atoms with Crippen molar-refractivity contribution in [3.8, 4) is 5.75 Å². The van der Waals surface area contributed by atoms with E-state index in [0.29, 0.717) is 3.70 Å². The van der Waals surface area contributed by atoms with Crippen molar-refractivity contribution in [3.05, 3.63) is 21.0 Å². The second-order valence-corrected chi connectivity index (χ2v) is 4.49. The summed E-state index contributed by atoms with van der Waals surface area (Å²) >= 11 is 1.81. The molecule has 0 aliphatic rings. The van der Waals surface area contributed by atoms with E-state index in [2.05, 4.69) is 14.5 Å². The molecule has 106 valence electrons. The van der Waals surface area contributed by atoms with Crippen molar-refractivity contribution in [2.75, 3.05) is 7.11 Å². The SMILES string of the molecule is COC(=O)Cc1cc(I)nc(CN)c1OC(F)(F)F. The van der Waals surface area contributed by atoms with Crippen LogP contribution in [0.15, 0.2) is 6.07 Å². The van der Waals surface area contributed by atoms with Crippen LogP contribution >= 0.6 is 22.6 Å². The average molecular weight is 390 g/mol. The summed E-state index contributed by atoms with van der Waals surface area (Å²) in [6.45, 7) is -0.240. The minimum atomic E-state index is -4.89. The van der Waals surface area contributed by atoms with Gasteiger partial charge in [-0.3, -0.25) is 4.79 Å². The molecule has 1 aromatic heterocycles. The number of carbonyl (C=O) groups is 1. The largest absolute Gasteiger partial charge is 0.573 e. The Balaban J connectivity index is 3.25. The van der Waals surface area contributed by atoms with Crippen LogP contribution in [0.5, 0.6) is 5.75 Å². The van der Waals surface area contributed by atoms with E-state index in [1.54, 1.807) is 0 Å². The highest BCUT2D eigenvalue weighted by Gasteiger charge is 2.34. The molecular formula is C10H10F3IN2O3. The van der Waals surface area contributed by atoms with Gasteiger partial charge in [0.1, 0.15) is 3.70 Å². The lowest BCUT2D eigenvalue weighted by molar-refractivity contribution is -0.275. The lowest BCUT2D eigenvalue weighted by atomic mass is 10.1. The molecule has 5 nitrogen and oxygen atoms in total. The van der Waals surface area contributed by atoms with Gasteiger partial charge < -0.3 is 15.2 Å². The molecule has 0 saturated carbocycles. The summed E-state index contributed by atoms with van der Waals surface area (Å²) in [5.74, 6) is -1.22. The van der Waals surface area contributed by atoms with Crippen LogP contribution in [-0.4, -0.2) is 24.4 Å². The first kappa shape index (κ1) is 16.0. The summed E-state index contributed by atoms with van der Waals surface area (Å²) < 4.78 is 45.8. The third-order valence-corrected chi connectivity index (χ3v) is 2.62. The number of alkyl halides is 3. The molecule has 0 atom stereocenters. The second kappa shape index (κ2) is 6.37. The Kier molecular flexibility index (Phi) is 5.35. The molecule has 0 fully saturated rings. The fourth-order valence-corrected chi connectivity index (χ4v) is 2.01. The molecular weight excluding hydrogens is 380 g/mol. The first-order chi connectivity index (χ1) is 8.76. The Morgan fingerprint density at radius 2 is 2.16 bits per heavy atom. The number of aromatic nitrogens is 1.